The number of fused-ring (bicyclic) bond motifs is 3. The Balaban J connectivity index is 1.24. The maximum atomic E-state index is 11.1. The average Bonchev–Trinajstić information content (AvgIpc) is 3.80. The van der Waals surface area contributed by atoms with Crippen LogP contribution < -0.4 is 0 Å². The van der Waals surface area contributed by atoms with E-state index < -0.39 is 0 Å². The summed E-state index contributed by atoms with van der Waals surface area (Å²) in [5.41, 5.74) is 14.8. The molecule has 8 heteroatoms. The summed E-state index contributed by atoms with van der Waals surface area (Å²) in [4.78, 5) is 25.4. The molecule has 73 heavy (non-hydrogen) atoms. The summed E-state index contributed by atoms with van der Waals surface area (Å²) in [6.07, 6.45) is 0. The first-order chi connectivity index (χ1) is 36.0. The van der Waals surface area contributed by atoms with Crippen LogP contribution in [0, 0.1) is 29.2 Å². The van der Waals surface area contributed by atoms with Crippen molar-refractivity contribution in [3.05, 3.63) is 253 Å². The standard InChI is InChI=1S/C65H38N8/c1-68-56-29-17-16-28-51(56)48-31-33-62-53(37-48)52-36-47(50-27-15-14-26-49(50)41-67)30-32-61(52)73(62)63-54(64-69-57(43-18-6-2-7-19-43)38-58(70-64)44-20-8-3-9-21-44)34-42(40-66)35-55(63)65-71-59(45-22-10-4-11-23-45)39-60(72-65)46-24-12-5-13-25-46/h2-39H. The Morgan fingerprint density at radius 1 is 0.370 bits per heavy atom. The van der Waals surface area contributed by atoms with Gasteiger partial charge in [-0.25, -0.2) is 24.8 Å². The summed E-state index contributed by atoms with van der Waals surface area (Å²) < 4.78 is 2.21. The molecule has 0 N–H and O–H groups in total. The number of hydrogen-bond acceptors (Lipinski definition) is 6. The molecule has 0 unspecified atom stereocenters. The van der Waals surface area contributed by atoms with Crippen molar-refractivity contribution in [3.63, 3.8) is 0 Å². The molecule has 0 aliphatic heterocycles. The van der Waals surface area contributed by atoms with E-state index in [4.69, 9.17) is 26.5 Å². The molecule has 0 radical (unpaired) electrons. The zero-order chi connectivity index (χ0) is 49.3. The van der Waals surface area contributed by atoms with Crippen molar-refractivity contribution in [1.82, 2.24) is 24.5 Å². The van der Waals surface area contributed by atoms with Gasteiger partial charge in [0.15, 0.2) is 17.3 Å². The molecular formula is C65H38N8. The monoisotopic (exact) mass is 930 g/mol. The van der Waals surface area contributed by atoms with Crippen molar-refractivity contribution < 1.29 is 0 Å². The number of aromatic nitrogens is 5. The van der Waals surface area contributed by atoms with Gasteiger partial charge >= 0.3 is 0 Å². The summed E-state index contributed by atoms with van der Waals surface area (Å²) in [5.74, 6) is 0.793. The zero-order valence-corrected chi connectivity index (χ0v) is 39.0. The first kappa shape index (κ1) is 43.7. The van der Waals surface area contributed by atoms with E-state index in [0.717, 1.165) is 66.3 Å². The van der Waals surface area contributed by atoms with Gasteiger partial charge in [-0.1, -0.05) is 176 Å². The summed E-state index contributed by atoms with van der Waals surface area (Å²) in [7, 11) is 0. The first-order valence-corrected chi connectivity index (χ1v) is 23.7. The normalized spacial score (nSPS) is 11.0. The van der Waals surface area contributed by atoms with Crippen molar-refractivity contribution in [3.8, 4) is 108 Å². The van der Waals surface area contributed by atoms with Crippen LogP contribution in [0.2, 0.25) is 0 Å². The molecule has 8 nitrogen and oxygen atoms in total. The van der Waals surface area contributed by atoms with Gasteiger partial charge < -0.3 is 4.57 Å². The van der Waals surface area contributed by atoms with Crippen LogP contribution in [0.15, 0.2) is 231 Å². The quantitative estimate of drug-likeness (QED) is 0.133. The van der Waals surface area contributed by atoms with Crippen LogP contribution in [0.25, 0.3) is 122 Å². The van der Waals surface area contributed by atoms with E-state index in [1.54, 1.807) is 0 Å². The lowest BCUT2D eigenvalue weighted by Crippen LogP contribution is -2.06. The van der Waals surface area contributed by atoms with Gasteiger partial charge in [0.1, 0.15) is 0 Å². The largest absolute Gasteiger partial charge is 0.308 e. The minimum atomic E-state index is 0.368. The van der Waals surface area contributed by atoms with Crippen molar-refractivity contribution in [2.24, 2.45) is 0 Å². The summed E-state index contributed by atoms with van der Waals surface area (Å²) in [6, 6.07) is 80.6. The number of hydrogen-bond donors (Lipinski definition) is 0. The molecule has 3 aromatic heterocycles. The molecule has 0 bridgehead atoms. The Morgan fingerprint density at radius 2 is 0.767 bits per heavy atom. The third kappa shape index (κ3) is 8.12. The third-order valence-electron chi connectivity index (χ3n) is 13.1. The lowest BCUT2D eigenvalue weighted by molar-refractivity contribution is 1.12. The van der Waals surface area contributed by atoms with Crippen LogP contribution in [0.4, 0.5) is 5.69 Å². The number of nitriles is 2. The predicted molar refractivity (Wildman–Crippen MR) is 291 cm³/mol. The van der Waals surface area contributed by atoms with Crippen LogP contribution in [0.5, 0.6) is 0 Å². The molecule has 338 valence electrons. The molecule has 9 aromatic carbocycles. The highest BCUT2D eigenvalue weighted by Gasteiger charge is 2.26. The molecule has 0 fully saturated rings. The van der Waals surface area contributed by atoms with E-state index in [2.05, 4.69) is 51.9 Å². The summed E-state index contributed by atoms with van der Waals surface area (Å²) in [6.45, 7) is 8.08. The highest BCUT2D eigenvalue weighted by atomic mass is 15.0. The lowest BCUT2D eigenvalue weighted by Gasteiger charge is -2.20. The Labute approximate surface area is 421 Å². The molecule has 12 rings (SSSR count). The first-order valence-electron chi connectivity index (χ1n) is 23.7. The number of rotatable bonds is 9. The van der Waals surface area contributed by atoms with Crippen molar-refractivity contribution in [2.75, 3.05) is 0 Å². The molecule has 3 heterocycles. The summed E-state index contributed by atoms with van der Waals surface area (Å²) in [5, 5.41) is 23.2. The fourth-order valence-corrected chi connectivity index (χ4v) is 9.69. The Hall–Kier alpha value is -10.6. The SMILES string of the molecule is [C-]#[N+]c1ccccc1-c1ccc2c(c1)c1cc(-c3ccccc3C#N)ccc1n2-c1c(-c2nc(-c3ccccc3)cc(-c3ccccc3)n2)cc(C#N)cc1-c1nc(-c2ccccc2)cc(-c2ccccc2)n1. The molecule has 12 aromatic rings. The summed E-state index contributed by atoms with van der Waals surface area (Å²) >= 11 is 0. The van der Waals surface area contributed by atoms with Gasteiger partial charge in [0, 0.05) is 44.2 Å². The van der Waals surface area contributed by atoms with Crippen molar-refractivity contribution >= 4 is 27.5 Å². The highest BCUT2D eigenvalue weighted by molar-refractivity contribution is 6.13. The van der Waals surface area contributed by atoms with Crippen molar-refractivity contribution in [2.45, 2.75) is 0 Å². The van der Waals surface area contributed by atoms with E-state index in [1.807, 2.05) is 200 Å². The van der Waals surface area contributed by atoms with Gasteiger partial charge in [0.25, 0.3) is 0 Å². The Kier molecular flexibility index (Phi) is 11.2. The van der Waals surface area contributed by atoms with Crippen LogP contribution in [0.1, 0.15) is 11.1 Å². The van der Waals surface area contributed by atoms with Crippen molar-refractivity contribution in [1.29, 1.82) is 10.5 Å². The average molecular weight is 931 g/mol. The van der Waals surface area contributed by atoms with Gasteiger partial charge in [-0.15, -0.1) is 0 Å². The second-order valence-electron chi connectivity index (χ2n) is 17.5. The van der Waals surface area contributed by atoms with E-state index in [-0.39, 0.29) is 0 Å². The lowest BCUT2D eigenvalue weighted by atomic mass is 9.97. The van der Waals surface area contributed by atoms with Crippen LogP contribution in [0.3, 0.4) is 0 Å². The van der Waals surface area contributed by atoms with Crippen LogP contribution in [-0.2, 0) is 0 Å². The fraction of sp³-hybridized carbons (Fsp3) is 0. The van der Waals surface area contributed by atoms with Gasteiger partial charge in [-0.2, -0.15) is 10.5 Å². The maximum absolute atomic E-state index is 11.1. The second kappa shape index (κ2) is 18.7. The maximum Gasteiger partial charge on any atom is 0.194 e. The van der Waals surface area contributed by atoms with Crippen LogP contribution >= 0.6 is 0 Å². The highest BCUT2D eigenvalue weighted by Crippen LogP contribution is 2.45. The third-order valence-corrected chi connectivity index (χ3v) is 13.1. The molecule has 0 spiro atoms. The molecule has 0 aliphatic rings. The van der Waals surface area contributed by atoms with E-state index in [9.17, 15) is 10.5 Å². The van der Waals surface area contributed by atoms with Crippen LogP contribution in [-0.4, -0.2) is 24.5 Å². The van der Waals surface area contributed by atoms with E-state index in [0.29, 0.717) is 68.1 Å². The minimum absolute atomic E-state index is 0.368. The molecule has 0 atom stereocenters. The topological polar surface area (TPSA) is 108 Å². The second-order valence-corrected chi connectivity index (χ2v) is 17.5. The number of benzene rings is 9. The molecule has 0 aliphatic carbocycles. The van der Waals surface area contributed by atoms with E-state index in [1.165, 1.54) is 0 Å². The molecule has 0 saturated carbocycles. The van der Waals surface area contributed by atoms with Gasteiger partial charge in [-0.3, -0.25) is 0 Å². The van der Waals surface area contributed by atoms with Gasteiger partial charge in [0.2, 0.25) is 0 Å². The van der Waals surface area contributed by atoms with E-state index >= 15 is 0 Å². The Morgan fingerprint density at radius 3 is 1.19 bits per heavy atom. The molecular weight excluding hydrogens is 893 g/mol. The molecule has 0 amide bonds. The predicted octanol–water partition coefficient (Wildman–Crippen LogP) is 16.0. The number of para-hydroxylation sites is 1. The van der Waals surface area contributed by atoms with Gasteiger partial charge in [0.05, 0.1) is 69.3 Å². The zero-order valence-electron chi connectivity index (χ0n) is 39.0. The van der Waals surface area contributed by atoms with Gasteiger partial charge in [-0.05, 0) is 76.9 Å². The fourth-order valence-electron chi connectivity index (χ4n) is 9.69. The molecule has 0 saturated heterocycles. The smallest absolute Gasteiger partial charge is 0.194 e. The number of nitrogens with zero attached hydrogens (tertiary/aromatic N) is 8. The minimum Gasteiger partial charge on any atom is -0.308 e. The Bertz CT molecular complexity index is 3840.